The van der Waals surface area contributed by atoms with Gasteiger partial charge in [0.2, 0.25) is 5.91 Å². The first-order valence-corrected chi connectivity index (χ1v) is 8.84. The van der Waals surface area contributed by atoms with E-state index >= 15 is 0 Å². The molecule has 2 rings (SSSR count). The number of pyridine rings is 1. The molecule has 0 unspecified atom stereocenters. The Labute approximate surface area is 141 Å². The highest BCUT2D eigenvalue weighted by molar-refractivity contribution is 7.09. The number of rotatable bonds is 9. The van der Waals surface area contributed by atoms with Crippen LogP contribution in [0.3, 0.4) is 0 Å². The molecule has 0 spiro atoms. The van der Waals surface area contributed by atoms with Gasteiger partial charge in [0.15, 0.2) is 12.4 Å². The number of carbonyl (C=O) groups is 1. The van der Waals surface area contributed by atoms with Crippen molar-refractivity contribution in [2.75, 3.05) is 13.2 Å². The summed E-state index contributed by atoms with van der Waals surface area (Å²) in [5, 5.41) is 2.92. The molecule has 2 aromatic rings. The minimum absolute atomic E-state index is 0.0177. The molecule has 2 aromatic heterocycles. The third-order valence-electron chi connectivity index (χ3n) is 3.46. The van der Waals surface area contributed by atoms with Gasteiger partial charge >= 0.3 is 0 Å². The van der Waals surface area contributed by atoms with Gasteiger partial charge in [0.05, 0.1) is 24.2 Å². The van der Waals surface area contributed by atoms with Crippen LogP contribution in [0.2, 0.25) is 0 Å². The average Bonchev–Trinajstić information content (AvgIpc) is 2.95. The lowest BCUT2D eigenvalue weighted by Crippen LogP contribution is -2.32. The van der Waals surface area contributed by atoms with E-state index in [1.54, 1.807) is 11.3 Å². The van der Waals surface area contributed by atoms with Crippen LogP contribution in [0.4, 0.5) is 0 Å². The largest absolute Gasteiger partial charge is 0.493 e. The van der Waals surface area contributed by atoms with Gasteiger partial charge in [-0.3, -0.25) is 4.79 Å². The topological polar surface area (TPSA) is 55.1 Å². The molecule has 5 nitrogen and oxygen atoms in total. The Morgan fingerprint density at radius 3 is 2.83 bits per heavy atom. The van der Waals surface area contributed by atoms with E-state index in [4.69, 9.17) is 4.74 Å². The highest BCUT2D eigenvalue weighted by atomic mass is 32.1. The van der Waals surface area contributed by atoms with Crippen molar-refractivity contribution in [2.45, 2.75) is 39.7 Å². The molecular weight excluding hydrogens is 310 g/mol. The summed E-state index contributed by atoms with van der Waals surface area (Å²) in [4.78, 5) is 17.2. The lowest BCUT2D eigenvalue weighted by molar-refractivity contribution is -0.697. The molecule has 124 valence electrons. The Bertz CT molecular complexity index is 611. The first-order chi connectivity index (χ1) is 11.2. The zero-order valence-electron chi connectivity index (χ0n) is 13.7. The molecule has 6 heteroatoms. The zero-order chi connectivity index (χ0) is 16.5. The maximum Gasteiger partial charge on any atom is 0.223 e. The van der Waals surface area contributed by atoms with Crippen molar-refractivity contribution in [1.82, 2.24) is 10.3 Å². The van der Waals surface area contributed by atoms with Gasteiger partial charge in [-0.15, -0.1) is 11.3 Å². The van der Waals surface area contributed by atoms with Crippen LogP contribution in [0.15, 0.2) is 30.0 Å². The van der Waals surface area contributed by atoms with Gasteiger partial charge in [0, 0.05) is 36.4 Å². The van der Waals surface area contributed by atoms with Crippen molar-refractivity contribution in [1.29, 1.82) is 0 Å². The number of aromatic nitrogens is 2. The predicted octanol–water partition coefficient (Wildman–Crippen LogP) is 2.28. The van der Waals surface area contributed by atoms with Crippen LogP contribution < -0.4 is 14.6 Å². The summed E-state index contributed by atoms with van der Waals surface area (Å²) in [5.74, 6) is 0.814. The van der Waals surface area contributed by atoms with Gasteiger partial charge < -0.3 is 10.1 Å². The standard InChI is InChI=1S/C17H23N3O2S/c1-3-9-20-10-5-15(6-11-20)22-12-7-17(21)18-8-4-16-14(2)19-13-23-16/h5-6,10-11,13H,3-4,7-9,12H2,1-2H3/p+1. The molecule has 0 atom stereocenters. The Kier molecular flexibility index (Phi) is 7.00. The van der Waals surface area contributed by atoms with Crippen LogP contribution in [0.5, 0.6) is 5.75 Å². The van der Waals surface area contributed by atoms with Crippen LogP contribution in [0.1, 0.15) is 30.3 Å². The van der Waals surface area contributed by atoms with Crippen LogP contribution in [-0.2, 0) is 17.8 Å². The van der Waals surface area contributed by atoms with Gasteiger partial charge in [0.25, 0.3) is 0 Å². The van der Waals surface area contributed by atoms with Crippen LogP contribution >= 0.6 is 11.3 Å². The first kappa shape index (κ1) is 17.4. The number of nitrogens with zero attached hydrogens (tertiary/aromatic N) is 2. The second kappa shape index (κ2) is 9.25. The smallest absolute Gasteiger partial charge is 0.223 e. The van der Waals surface area contributed by atoms with Crippen molar-refractivity contribution in [3.8, 4) is 5.75 Å². The molecule has 0 saturated carbocycles. The normalized spacial score (nSPS) is 10.5. The minimum atomic E-state index is 0.0177. The van der Waals surface area contributed by atoms with Gasteiger partial charge in [-0.05, 0) is 6.92 Å². The summed E-state index contributed by atoms with van der Waals surface area (Å²) in [7, 11) is 0. The fourth-order valence-corrected chi connectivity index (χ4v) is 2.96. The third kappa shape index (κ3) is 5.98. The van der Waals surface area contributed by atoms with E-state index in [1.807, 2.05) is 37.0 Å². The van der Waals surface area contributed by atoms with E-state index in [1.165, 1.54) is 4.88 Å². The SMILES string of the molecule is CCC[n+]1ccc(OCCC(=O)NCCc2scnc2C)cc1. The van der Waals surface area contributed by atoms with Crippen LogP contribution in [0, 0.1) is 6.92 Å². The van der Waals surface area contributed by atoms with E-state index in [-0.39, 0.29) is 5.91 Å². The lowest BCUT2D eigenvalue weighted by atomic mass is 10.3. The molecule has 0 aliphatic heterocycles. The summed E-state index contributed by atoms with van der Waals surface area (Å²) >= 11 is 1.63. The summed E-state index contributed by atoms with van der Waals surface area (Å²) in [6, 6.07) is 3.86. The fraction of sp³-hybridized carbons (Fsp3) is 0.471. The van der Waals surface area contributed by atoms with E-state index in [0.29, 0.717) is 19.6 Å². The highest BCUT2D eigenvalue weighted by Crippen LogP contribution is 2.12. The Balaban J connectivity index is 1.61. The summed E-state index contributed by atoms with van der Waals surface area (Å²) in [5.41, 5.74) is 2.89. The Morgan fingerprint density at radius 1 is 1.39 bits per heavy atom. The van der Waals surface area contributed by atoms with E-state index < -0.39 is 0 Å². The summed E-state index contributed by atoms with van der Waals surface area (Å²) in [6.07, 6.45) is 6.30. The predicted molar refractivity (Wildman–Crippen MR) is 90.6 cm³/mol. The molecule has 2 heterocycles. The average molecular weight is 334 g/mol. The van der Waals surface area contributed by atoms with Crippen molar-refractivity contribution in [2.24, 2.45) is 0 Å². The fourth-order valence-electron chi connectivity index (χ4n) is 2.18. The molecule has 1 N–H and O–H groups in total. The number of hydrogen-bond donors (Lipinski definition) is 1. The van der Waals surface area contributed by atoms with E-state index in [0.717, 1.165) is 30.8 Å². The second-order valence-electron chi connectivity index (χ2n) is 5.33. The monoisotopic (exact) mass is 334 g/mol. The number of thiazole rings is 1. The van der Waals surface area contributed by atoms with Gasteiger partial charge in [-0.1, -0.05) is 6.92 Å². The maximum atomic E-state index is 11.8. The first-order valence-electron chi connectivity index (χ1n) is 7.96. The number of nitrogens with one attached hydrogen (secondary N) is 1. The van der Waals surface area contributed by atoms with Crippen molar-refractivity contribution in [3.63, 3.8) is 0 Å². The molecule has 23 heavy (non-hydrogen) atoms. The molecule has 1 amide bonds. The molecule has 0 radical (unpaired) electrons. The number of aryl methyl sites for hydroxylation is 2. The number of carbonyl (C=O) groups excluding carboxylic acids is 1. The quantitative estimate of drug-likeness (QED) is 0.716. The molecular formula is C17H24N3O2S+. The minimum Gasteiger partial charge on any atom is -0.493 e. The van der Waals surface area contributed by atoms with Gasteiger partial charge in [-0.25, -0.2) is 9.55 Å². The van der Waals surface area contributed by atoms with Crippen molar-refractivity contribution < 1.29 is 14.1 Å². The Morgan fingerprint density at radius 2 is 2.17 bits per heavy atom. The van der Waals surface area contributed by atoms with E-state index in [9.17, 15) is 4.79 Å². The molecule has 0 bridgehead atoms. The maximum absolute atomic E-state index is 11.8. The summed E-state index contributed by atoms with van der Waals surface area (Å²) < 4.78 is 7.71. The second-order valence-corrected chi connectivity index (χ2v) is 6.27. The molecule has 0 aliphatic carbocycles. The molecule has 0 aromatic carbocycles. The van der Waals surface area contributed by atoms with Crippen LogP contribution in [-0.4, -0.2) is 24.0 Å². The zero-order valence-corrected chi connectivity index (χ0v) is 14.6. The lowest BCUT2D eigenvalue weighted by Gasteiger charge is -2.07. The molecule has 0 fully saturated rings. The van der Waals surface area contributed by atoms with Crippen molar-refractivity contribution in [3.05, 3.63) is 40.6 Å². The number of hydrogen-bond acceptors (Lipinski definition) is 4. The number of ether oxygens (including phenoxy) is 1. The van der Waals surface area contributed by atoms with Crippen molar-refractivity contribution >= 4 is 17.2 Å². The van der Waals surface area contributed by atoms with Gasteiger partial charge in [0.1, 0.15) is 12.3 Å². The highest BCUT2D eigenvalue weighted by Gasteiger charge is 2.05. The Hall–Kier alpha value is -1.95. The molecule has 0 aliphatic rings. The number of amides is 1. The molecule has 0 saturated heterocycles. The summed E-state index contributed by atoms with van der Waals surface area (Å²) in [6.45, 7) is 6.17. The van der Waals surface area contributed by atoms with Crippen LogP contribution in [0.25, 0.3) is 0 Å². The van der Waals surface area contributed by atoms with Gasteiger partial charge in [-0.2, -0.15) is 0 Å². The van der Waals surface area contributed by atoms with E-state index in [2.05, 4.69) is 21.8 Å². The third-order valence-corrected chi connectivity index (χ3v) is 4.45.